The quantitative estimate of drug-likeness (QED) is 0.442. The molecule has 0 saturated heterocycles. The fraction of sp³-hybridized carbons (Fsp3) is 0.333. The summed E-state index contributed by atoms with van der Waals surface area (Å²) in [5, 5.41) is 0.917. The third-order valence-corrected chi connectivity index (χ3v) is 5.25. The van der Waals surface area contributed by atoms with E-state index in [1.807, 2.05) is 13.8 Å². The summed E-state index contributed by atoms with van der Waals surface area (Å²) in [4.78, 5) is 0. The Bertz CT molecular complexity index is 527. The maximum absolute atomic E-state index is 6.12. The fourth-order valence-corrected chi connectivity index (χ4v) is 4.15. The van der Waals surface area contributed by atoms with Crippen LogP contribution in [0.25, 0.3) is 5.76 Å². The molecule has 20 heavy (non-hydrogen) atoms. The van der Waals surface area contributed by atoms with Crippen LogP contribution in [0.15, 0.2) is 23.7 Å². The van der Waals surface area contributed by atoms with E-state index in [0.29, 0.717) is 34.6 Å². The van der Waals surface area contributed by atoms with Gasteiger partial charge in [0, 0.05) is 27.9 Å². The summed E-state index contributed by atoms with van der Waals surface area (Å²) in [5.74, 6) is 0.290. The van der Waals surface area contributed by atoms with Crippen molar-refractivity contribution >= 4 is 59.1 Å². The highest BCUT2D eigenvalue weighted by Crippen LogP contribution is 2.53. The van der Waals surface area contributed by atoms with Crippen molar-refractivity contribution in [2.75, 3.05) is 13.2 Å². The van der Waals surface area contributed by atoms with E-state index in [4.69, 9.17) is 60.2 Å². The molecule has 0 aromatic heterocycles. The van der Waals surface area contributed by atoms with Gasteiger partial charge in [-0.25, -0.2) is 0 Å². The van der Waals surface area contributed by atoms with E-state index in [1.54, 1.807) is 18.2 Å². The topological polar surface area (TPSA) is 27.7 Å². The molecule has 0 saturated carbocycles. The molecule has 0 unspecified atom stereocenters. The van der Waals surface area contributed by atoms with Crippen molar-refractivity contribution < 1.29 is 13.6 Å². The molecule has 0 aliphatic heterocycles. The molecule has 3 nitrogen and oxygen atoms in total. The Morgan fingerprint density at radius 2 is 1.85 bits per heavy atom. The zero-order chi connectivity index (χ0) is 15.2. The number of halogens is 3. The average Bonchev–Trinajstić information content (AvgIpc) is 2.37. The van der Waals surface area contributed by atoms with Gasteiger partial charge < -0.3 is 4.52 Å². The maximum Gasteiger partial charge on any atom is 0.380 e. The van der Waals surface area contributed by atoms with Crippen LogP contribution in [0.4, 0.5) is 0 Å². The predicted molar refractivity (Wildman–Crippen MR) is 88.9 cm³/mol. The lowest BCUT2D eigenvalue weighted by Gasteiger charge is -2.22. The molecule has 0 atom stereocenters. The van der Waals surface area contributed by atoms with Crippen molar-refractivity contribution in [3.8, 4) is 0 Å². The second-order valence-electron chi connectivity index (χ2n) is 3.47. The standard InChI is InChI=1S/C12H14Cl3O3PS/c1-3-16-19(20,17-4-2)18-12(8-13)10-6-5-9(14)7-11(10)15/h5-8H,3-4H2,1-2H3. The number of hydrogen-bond acceptors (Lipinski definition) is 4. The summed E-state index contributed by atoms with van der Waals surface area (Å²) in [7, 11) is 0. The van der Waals surface area contributed by atoms with Gasteiger partial charge in [-0.15, -0.1) is 0 Å². The zero-order valence-corrected chi connectivity index (χ0v) is 14.9. The van der Waals surface area contributed by atoms with Gasteiger partial charge in [-0.1, -0.05) is 34.8 Å². The van der Waals surface area contributed by atoms with E-state index in [1.165, 1.54) is 5.54 Å². The molecule has 0 spiro atoms. The van der Waals surface area contributed by atoms with Crippen molar-refractivity contribution in [3.63, 3.8) is 0 Å². The van der Waals surface area contributed by atoms with Crippen molar-refractivity contribution in [1.29, 1.82) is 0 Å². The normalized spacial score (nSPS) is 12.6. The molecule has 1 aromatic rings. The highest BCUT2D eigenvalue weighted by Gasteiger charge is 2.24. The van der Waals surface area contributed by atoms with Gasteiger partial charge in [0.05, 0.1) is 18.2 Å². The van der Waals surface area contributed by atoms with E-state index >= 15 is 0 Å². The molecule has 1 aromatic carbocycles. The van der Waals surface area contributed by atoms with Crippen LogP contribution in [0.2, 0.25) is 10.0 Å². The van der Waals surface area contributed by atoms with Crippen LogP contribution in [0.5, 0.6) is 0 Å². The largest absolute Gasteiger partial charge is 0.422 e. The summed E-state index contributed by atoms with van der Waals surface area (Å²) in [6, 6.07) is 4.96. The van der Waals surface area contributed by atoms with Crippen LogP contribution >= 0.6 is 41.5 Å². The lowest BCUT2D eigenvalue weighted by Crippen LogP contribution is -2.00. The van der Waals surface area contributed by atoms with E-state index < -0.39 is 6.72 Å². The van der Waals surface area contributed by atoms with Crippen LogP contribution < -0.4 is 0 Å². The Morgan fingerprint density at radius 1 is 1.25 bits per heavy atom. The third-order valence-electron chi connectivity index (χ3n) is 2.08. The van der Waals surface area contributed by atoms with Crippen molar-refractivity contribution in [1.82, 2.24) is 0 Å². The van der Waals surface area contributed by atoms with Crippen molar-refractivity contribution in [2.45, 2.75) is 13.8 Å². The summed E-state index contributed by atoms with van der Waals surface area (Å²) in [6.45, 7) is 1.47. The maximum atomic E-state index is 6.12. The highest BCUT2D eigenvalue weighted by atomic mass is 35.5. The summed E-state index contributed by atoms with van der Waals surface area (Å²) in [6.07, 6.45) is 0. The molecule has 8 heteroatoms. The van der Waals surface area contributed by atoms with Gasteiger partial charge in [0.25, 0.3) is 0 Å². The van der Waals surface area contributed by atoms with Gasteiger partial charge in [0.2, 0.25) is 0 Å². The lowest BCUT2D eigenvalue weighted by molar-refractivity contribution is 0.210. The van der Waals surface area contributed by atoms with E-state index in [9.17, 15) is 0 Å². The fourth-order valence-electron chi connectivity index (χ4n) is 1.34. The van der Waals surface area contributed by atoms with Gasteiger partial charge in [0.15, 0.2) is 0 Å². The first kappa shape index (κ1) is 18.2. The molecule has 0 aliphatic carbocycles. The predicted octanol–water partition coefficient (Wildman–Crippen LogP) is 5.84. The van der Waals surface area contributed by atoms with Crippen molar-refractivity contribution in [2.24, 2.45) is 0 Å². The molecular weight excluding hydrogens is 362 g/mol. The Balaban J connectivity index is 3.05. The number of hydrogen-bond donors (Lipinski definition) is 0. The summed E-state index contributed by atoms with van der Waals surface area (Å²) in [5.41, 5.74) is 1.81. The first-order chi connectivity index (χ1) is 9.45. The van der Waals surface area contributed by atoms with E-state index in [2.05, 4.69) is 0 Å². The van der Waals surface area contributed by atoms with Gasteiger partial charge in [-0.2, -0.15) is 0 Å². The monoisotopic (exact) mass is 374 g/mol. The molecule has 0 heterocycles. The molecule has 0 N–H and O–H groups in total. The van der Waals surface area contributed by atoms with Crippen molar-refractivity contribution in [3.05, 3.63) is 39.3 Å². The molecule has 1 rings (SSSR count). The van der Waals surface area contributed by atoms with Gasteiger partial charge >= 0.3 is 6.72 Å². The Labute approximate surface area is 139 Å². The molecule has 0 fully saturated rings. The Morgan fingerprint density at radius 3 is 2.30 bits per heavy atom. The van der Waals surface area contributed by atoms with Crippen LogP contribution in [0, 0.1) is 0 Å². The van der Waals surface area contributed by atoms with Crippen LogP contribution in [0.3, 0.4) is 0 Å². The summed E-state index contributed by atoms with van der Waals surface area (Å²) >= 11 is 23.1. The second-order valence-corrected chi connectivity index (χ2v) is 7.47. The molecule has 112 valence electrons. The Kier molecular flexibility index (Phi) is 7.84. The summed E-state index contributed by atoms with van der Waals surface area (Å²) < 4.78 is 16.5. The smallest absolute Gasteiger partial charge is 0.380 e. The average molecular weight is 376 g/mol. The SMILES string of the molecule is CCOP(=S)(OCC)OC(=CCl)c1ccc(Cl)cc1Cl. The minimum atomic E-state index is -2.90. The van der Waals surface area contributed by atoms with Gasteiger partial charge in [0.1, 0.15) is 5.76 Å². The van der Waals surface area contributed by atoms with Gasteiger partial charge in [-0.05, 0) is 32.0 Å². The minimum Gasteiger partial charge on any atom is -0.422 e. The molecule has 0 radical (unpaired) electrons. The minimum absolute atomic E-state index is 0.290. The van der Waals surface area contributed by atoms with Crippen LogP contribution in [-0.2, 0) is 25.4 Å². The molecule has 0 bridgehead atoms. The number of benzene rings is 1. The number of rotatable bonds is 7. The molecule has 0 amide bonds. The first-order valence-corrected chi connectivity index (χ1v) is 9.55. The van der Waals surface area contributed by atoms with Crippen LogP contribution in [0.1, 0.15) is 19.4 Å². The van der Waals surface area contributed by atoms with E-state index in [0.717, 1.165) is 0 Å². The lowest BCUT2D eigenvalue weighted by atomic mass is 10.2. The van der Waals surface area contributed by atoms with Crippen LogP contribution in [-0.4, -0.2) is 13.2 Å². The second kappa shape index (κ2) is 8.60. The van der Waals surface area contributed by atoms with E-state index in [-0.39, 0.29) is 0 Å². The van der Waals surface area contributed by atoms with Gasteiger partial charge in [-0.3, -0.25) is 9.05 Å². The molecular formula is C12H14Cl3O3PS. The zero-order valence-electron chi connectivity index (χ0n) is 10.9. The third kappa shape index (κ3) is 5.19. The molecule has 0 aliphatic rings. The highest BCUT2D eigenvalue weighted by molar-refractivity contribution is 8.07. The Hall–Kier alpha value is 0.200. The first-order valence-electron chi connectivity index (χ1n) is 5.80.